The number of amidine groups is 1. The van der Waals surface area contributed by atoms with Crippen LogP contribution in [0.2, 0.25) is 0 Å². The lowest BCUT2D eigenvalue weighted by Crippen LogP contribution is -2.23. The van der Waals surface area contributed by atoms with Gasteiger partial charge in [0.25, 0.3) is 5.91 Å². The summed E-state index contributed by atoms with van der Waals surface area (Å²) in [7, 11) is 3.01. The molecule has 1 fully saturated rings. The molecule has 3 aromatic carbocycles. The van der Waals surface area contributed by atoms with Gasteiger partial charge < -0.3 is 14.2 Å². The topological polar surface area (TPSA) is 77.4 Å². The van der Waals surface area contributed by atoms with Gasteiger partial charge in [-0.15, -0.1) is 0 Å². The largest absolute Gasteiger partial charge is 0.490 e. The zero-order valence-corrected chi connectivity index (χ0v) is 23.0. The lowest BCUT2D eigenvalue weighted by atomic mass is 10.1. The van der Waals surface area contributed by atoms with Crippen LogP contribution >= 0.6 is 27.7 Å². The quantitative estimate of drug-likeness (QED) is 0.225. The monoisotopic (exact) mass is 580 g/mol. The molecule has 3 aromatic rings. The maximum atomic E-state index is 13.0. The Kier molecular flexibility index (Phi) is 8.68. The average molecular weight is 581 g/mol. The van der Waals surface area contributed by atoms with E-state index < -0.39 is 5.97 Å². The van der Waals surface area contributed by atoms with Crippen molar-refractivity contribution in [2.75, 3.05) is 20.8 Å². The molecule has 1 amide bonds. The molecular weight excluding hydrogens is 556 g/mol. The fourth-order valence-corrected chi connectivity index (χ4v) is 4.89. The highest BCUT2D eigenvalue weighted by molar-refractivity contribution is 9.10. The predicted molar refractivity (Wildman–Crippen MR) is 149 cm³/mol. The lowest BCUT2D eigenvalue weighted by Gasteiger charge is -2.14. The molecule has 0 N–H and O–H groups in total. The summed E-state index contributed by atoms with van der Waals surface area (Å²) in [5.41, 5.74) is 2.89. The molecule has 7 nitrogen and oxygen atoms in total. The third-order valence-electron chi connectivity index (χ3n) is 5.40. The lowest BCUT2D eigenvalue weighted by molar-refractivity contribution is -0.121. The third kappa shape index (κ3) is 6.42. The van der Waals surface area contributed by atoms with Gasteiger partial charge in [0.2, 0.25) is 0 Å². The number of amides is 1. The highest BCUT2D eigenvalue weighted by Crippen LogP contribution is 2.38. The molecule has 0 atom stereocenters. The van der Waals surface area contributed by atoms with Gasteiger partial charge in [-0.05, 0) is 72.3 Å². The van der Waals surface area contributed by atoms with Gasteiger partial charge in [-0.3, -0.25) is 9.69 Å². The Morgan fingerprint density at radius 3 is 2.43 bits per heavy atom. The normalized spacial score (nSPS) is 15.4. The number of hydrogen-bond acceptors (Lipinski definition) is 7. The van der Waals surface area contributed by atoms with Crippen molar-refractivity contribution in [3.8, 4) is 11.5 Å². The number of hydrogen-bond donors (Lipinski definition) is 0. The molecule has 1 saturated heterocycles. The molecule has 0 unspecified atom stereocenters. The number of carbonyl (C=O) groups is 2. The van der Waals surface area contributed by atoms with Crippen LogP contribution in [0.4, 0.5) is 5.69 Å². The Balaban J connectivity index is 1.56. The van der Waals surface area contributed by atoms with E-state index in [9.17, 15) is 9.59 Å². The molecule has 0 spiro atoms. The van der Waals surface area contributed by atoms with Gasteiger partial charge in [0, 0.05) is 11.5 Å². The summed E-state index contributed by atoms with van der Waals surface area (Å²) in [6.45, 7) is 2.79. The fourth-order valence-electron chi connectivity index (χ4n) is 3.47. The van der Waals surface area contributed by atoms with Crippen LogP contribution in [0.3, 0.4) is 0 Å². The molecule has 4 rings (SSSR count). The SMILES string of the molecule is CCOc1cc(C=C2SC(=Nc3ccc(C(=O)OC)cc3)N(C)C2=O)c(Br)cc1OCc1ccccc1. The van der Waals surface area contributed by atoms with Gasteiger partial charge in [-0.2, -0.15) is 0 Å². The van der Waals surface area contributed by atoms with Crippen molar-refractivity contribution in [1.82, 2.24) is 4.90 Å². The van der Waals surface area contributed by atoms with Crippen LogP contribution in [0.5, 0.6) is 11.5 Å². The number of methoxy groups -OCH3 is 1. The summed E-state index contributed by atoms with van der Waals surface area (Å²) in [4.78, 5) is 31.2. The summed E-state index contributed by atoms with van der Waals surface area (Å²) < 4.78 is 17.4. The van der Waals surface area contributed by atoms with Gasteiger partial charge in [-0.1, -0.05) is 46.3 Å². The third-order valence-corrected chi connectivity index (χ3v) is 7.15. The van der Waals surface area contributed by atoms with Gasteiger partial charge in [0.1, 0.15) is 6.61 Å². The van der Waals surface area contributed by atoms with E-state index >= 15 is 0 Å². The molecular formula is C28H25BrN2O5S. The predicted octanol–water partition coefficient (Wildman–Crippen LogP) is 6.45. The number of aliphatic imine (C=N–C) groups is 1. The van der Waals surface area contributed by atoms with E-state index in [1.165, 1.54) is 23.8 Å². The molecule has 0 saturated carbocycles. The molecule has 0 aliphatic carbocycles. The molecule has 0 aromatic heterocycles. The van der Waals surface area contributed by atoms with E-state index in [2.05, 4.69) is 20.9 Å². The summed E-state index contributed by atoms with van der Waals surface area (Å²) in [6, 6.07) is 20.3. The molecule has 190 valence electrons. The number of thioether (sulfide) groups is 1. The van der Waals surface area contributed by atoms with Crippen molar-refractivity contribution < 1.29 is 23.8 Å². The number of rotatable bonds is 8. The molecule has 0 bridgehead atoms. The zero-order chi connectivity index (χ0) is 26.4. The van der Waals surface area contributed by atoms with E-state index in [1.807, 2.05) is 49.4 Å². The summed E-state index contributed by atoms with van der Waals surface area (Å²) >= 11 is 4.89. The molecule has 1 aliphatic rings. The van der Waals surface area contributed by atoms with E-state index in [4.69, 9.17) is 14.2 Å². The highest BCUT2D eigenvalue weighted by Gasteiger charge is 2.30. The second-order valence-corrected chi connectivity index (χ2v) is 9.80. The Morgan fingerprint density at radius 1 is 1.05 bits per heavy atom. The Morgan fingerprint density at radius 2 is 1.76 bits per heavy atom. The van der Waals surface area contributed by atoms with Gasteiger partial charge >= 0.3 is 5.97 Å². The van der Waals surface area contributed by atoms with Crippen molar-refractivity contribution in [3.63, 3.8) is 0 Å². The van der Waals surface area contributed by atoms with Crippen molar-refractivity contribution in [2.24, 2.45) is 4.99 Å². The van der Waals surface area contributed by atoms with Crippen LogP contribution in [-0.4, -0.2) is 42.7 Å². The number of carbonyl (C=O) groups excluding carboxylic acids is 2. The summed E-state index contributed by atoms with van der Waals surface area (Å²) in [5.74, 6) is 0.626. The number of benzene rings is 3. The first-order valence-electron chi connectivity index (χ1n) is 11.5. The number of nitrogens with zero attached hydrogens (tertiary/aromatic N) is 2. The first-order valence-corrected chi connectivity index (χ1v) is 13.1. The highest BCUT2D eigenvalue weighted by atomic mass is 79.9. The number of halogens is 1. The minimum atomic E-state index is -0.416. The van der Waals surface area contributed by atoms with Crippen LogP contribution in [0.15, 0.2) is 81.1 Å². The van der Waals surface area contributed by atoms with Crippen LogP contribution in [0.1, 0.15) is 28.4 Å². The average Bonchev–Trinajstić information content (AvgIpc) is 3.17. The van der Waals surface area contributed by atoms with Gasteiger partial charge in [0.05, 0.1) is 29.9 Å². The maximum Gasteiger partial charge on any atom is 0.337 e. The molecule has 1 aliphatic heterocycles. The number of esters is 1. The standard InChI is InChI=1S/C28H25BrN2O5S/c1-4-35-23-14-20(22(29)16-24(23)36-17-18-8-6-5-7-9-18)15-25-26(32)31(2)28(37-25)30-21-12-10-19(11-13-21)27(33)34-3/h5-16H,4,17H2,1-3H3. The van der Waals surface area contributed by atoms with E-state index in [-0.39, 0.29) is 5.91 Å². The van der Waals surface area contributed by atoms with Crippen LogP contribution in [0.25, 0.3) is 6.08 Å². The first-order chi connectivity index (χ1) is 17.9. The molecule has 0 radical (unpaired) electrons. The Labute approximate surface area is 228 Å². The minimum Gasteiger partial charge on any atom is -0.490 e. The van der Waals surface area contributed by atoms with Crippen molar-refractivity contribution in [2.45, 2.75) is 13.5 Å². The molecule has 1 heterocycles. The Bertz CT molecular complexity index is 1360. The zero-order valence-electron chi connectivity index (χ0n) is 20.6. The smallest absolute Gasteiger partial charge is 0.337 e. The van der Waals surface area contributed by atoms with Crippen molar-refractivity contribution in [1.29, 1.82) is 0 Å². The van der Waals surface area contributed by atoms with Crippen LogP contribution in [0, 0.1) is 0 Å². The second-order valence-electron chi connectivity index (χ2n) is 7.94. The summed E-state index contributed by atoms with van der Waals surface area (Å²) in [5, 5.41) is 0.533. The summed E-state index contributed by atoms with van der Waals surface area (Å²) in [6.07, 6.45) is 1.81. The van der Waals surface area contributed by atoms with E-state index in [0.29, 0.717) is 46.0 Å². The van der Waals surface area contributed by atoms with Gasteiger partial charge in [-0.25, -0.2) is 9.79 Å². The van der Waals surface area contributed by atoms with E-state index in [0.717, 1.165) is 15.6 Å². The Hall–Kier alpha value is -3.56. The number of likely N-dealkylation sites (N-methyl/N-ethyl adjacent to an activating group) is 1. The minimum absolute atomic E-state index is 0.163. The van der Waals surface area contributed by atoms with E-state index in [1.54, 1.807) is 37.4 Å². The molecule has 9 heteroatoms. The van der Waals surface area contributed by atoms with Crippen LogP contribution < -0.4 is 9.47 Å². The first kappa shape index (κ1) is 26.5. The van der Waals surface area contributed by atoms with Gasteiger partial charge in [0.15, 0.2) is 16.7 Å². The van der Waals surface area contributed by atoms with Crippen LogP contribution in [-0.2, 0) is 16.1 Å². The molecule has 37 heavy (non-hydrogen) atoms. The fraction of sp³-hybridized carbons (Fsp3) is 0.179. The number of ether oxygens (including phenoxy) is 3. The second kappa shape index (κ2) is 12.1. The maximum absolute atomic E-state index is 13.0. The van der Waals surface area contributed by atoms with Crippen molar-refractivity contribution in [3.05, 3.63) is 92.8 Å². The van der Waals surface area contributed by atoms with Crippen molar-refractivity contribution >= 4 is 56.5 Å².